The fraction of sp³-hybridized carbons (Fsp3) is 0.882. The molecule has 0 bridgehead atoms. The summed E-state index contributed by atoms with van der Waals surface area (Å²) in [5, 5.41) is 3.20. The van der Waals surface area contributed by atoms with Crippen LogP contribution in [0.15, 0.2) is 0 Å². The van der Waals surface area contributed by atoms with Crippen molar-refractivity contribution in [1.29, 1.82) is 0 Å². The molecule has 1 spiro atoms. The summed E-state index contributed by atoms with van der Waals surface area (Å²) in [6.07, 6.45) is 2.61. The van der Waals surface area contributed by atoms with E-state index in [1.807, 2.05) is 6.92 Å². The maximum absolute atomic E-state index is 12.4. The summed E-state index contributed by atoms with van der Waals surface area (Å²) in [6, 6.07) is -0.278. The van der Waals surface area contributed by atoms with Crippen LogP contribution in [0.2, 0.25) is 0 Å². The van der Waals surface area contributed by atoms with Gasteiger partial charge >= 0.3 is 0 Å². The summed E-state index contributed by atoms with van der Waals surface area (Å²) in [6.45, 7) is 12.1. The molecule has 1 saturated carbocycles. The molecule has 2 fully saturated rings. The van der Waals surface area contributed by atoms with Gasteiger partial charge in [0.1, 0.15) is 5.78 Å². The second kappa shape index (κ2) is 5.93. The van der Waals surface area contributed by atoms with E-state index in [0.29, 0.717) is 0 Å². The number of ketones is 1. The van der Waals surface area contributed by atoms with Gasteiger partial charge < -0.3 is 11.1 Å². The van der Waals surface area contributed by atoms with E-state index < -0.39 is 6.04 Å². The maximum Gasteiger partial charge on any atom is 0.223 e. The molecule has 5 nitrogen and oxygen atoms in total. The van der Waals surface area contributed by atoms with Crippen LogP contribution in [0.25, 0.3) is 0 Å². The average molecular weight is 309 g/mol. The lowest BCUT2D eigenvalue weighted by Gasteiger charge is -2.31. The van der Waals surface area contributed by atoms with Gasteiger partial charge in [-0.15, -0.1) is 0 Å². The summed E-state index contributed by atoms with van der Waals surface area (Å²) < 4.78 is 0. The molecular weight excluding hydrogens is 278 g/mol. The largest absolute Gasteiger partial charge is 0.351 e. The van der Waals surface area contributed by atoms with E-state index in [2.05, 4.69) is 31.0 Å². The molecule has 2 rings (SSSR count). The first-order valence-electron chi connectivity index (χ1n) is 8.39. The molecule has 0 aromatic rings. The minimum Gasteiger partial charge on any atom is -0.351 e. The summed E-state index contributed by atoms with van der Waals surface area (Å²) in [5.41, 5.74) is 5.98. The van der Waals surface area contributed by atoms with Crippen molar-refractivity contribution in [3.63, 3.8) is 0 Å². The number of rotatable bonds is 5. The highest BCUT2D eigenvalue weighted by Gasteiger charge is 2.57. The Labute approximate surface area is 134 Å². The topological polar surface area (TPSA) is 75.4 Å². The van der Waals surface area contributed by atoms with E-state index >= 15 is 0 Å². The van der Waals surface area contributed by atoms with E-state index in [4.69, 9.17) is 5.73 Å². The van der Waals surface area contributed by atoms with Crippen LogP contribution in [0.3, 0.4) is 0 Å². The van der Waals surface area contributed by atoms with Crippen molar-refractivity contribution in [2.24, 2.45) is 17.1 Å². The quantitative estimate of drug-likeness (QED) is 0.803. The molecule has 0 aromatic heterocycles. The Kier molecular flexibility index (Phi) is 4.69. The Morgan fingerprint density at radius 1 is 1.32 bits per heavy atom. The van der Waals surface area contributed by atoms with Crippen LogP contribution in [0.4, 0.5) is 0 Å². The third kappa shape index (κ3) is 3.69. The van der Waals surface area contributed by atoms with Crippen molar-refractivity contribution >= 4 is 11.7 Å². The number of nitrogens with zero attached hydrogens (tertiary/aromatic N) is 1. The van der Waals surface area contributed by atoms with E-state index in [1.165, 1.54) is 12.8 Å². The first kappa shape index (κ1) is 17.4. The molecule has 3 atom stereocenters. The van der Waals surface area contributed by atoms with Crippen LogP contribution in [0, 0.1) is 11.3 Å². The number of hydrogen-bond acceptors (Lipinski definition) is 4. The molecule has 1 aliphatic heterocycles. The number of nitrogens with two attached hydrogens (primary N) is 1. The maximum atomic E-state index is 12.4. The van der Waals surface area contributed by atoms with Crippen molar-refractivity contribution in [1.82, 2.24) is 10.2 Å². The number of carbonyl (C=O) groups excluding carboxylic acids is 2. The van der Waals surface area contributed by atoms with Crippen molar-refractivity contribution in [3.05, 3.63) is 0 Å². The van der Waals surface area contributed by atoms with Crippen molar-refractivity contribution in [3.8, 4) is 0 Å². The van der Waals surface area contributed by atoms with Gasteiger partial charge in [-0.05, 0) is 40.5 Å². The van der Waals surface area contributed by atoms with Crippen LogP contribution in [-0.2, 0) is 9.59 Å². The number of nitrogens with one attached hydrogen (secondary N) is 1. The number of Topliss-reactive ketones (excluding diaryl/α,β-unsaturated/α-hetero) is 1. The standard InChI is InChI=1S/C17H31N3O2/c1-11(8-13(21)12(2)18)15(22)19-14-9-20(16(3,4)5)10-17(14)6-7-17/h11-12,14H,6-10,18H2,1-5H3,(H,19,22)/t11-,12+,14+/m1/s1. The predicted octanol–water partition coefficient (Wildman–Crippen LogP) is 1.31. The summed E-state index contributed by atoms with van der Waals surface area (Å²) >= 11 is 0. The number of carbonyl (C=O) groups is 2. The molecule has 1 saturated heterocycles. The zero-order valence-electron chi connectivity index (χ0n) is 14.6. The highest BCUT2D eigenvalue weighted by atomic mass is 16.2. The van der Waals surface area contributed by atoms with Crippen molar-refractivity contribution < 1.29 is 9.59 Å². The van der Waals surface area contributed by atoms with Gasteiger partial charge in [-0.2, -0.15) is 0 Å². The van der Waals surface area contributed by atoms with E-state index in [1.54, 1.807) is 6.92 Å². The Balaban J connectivity index is 1.93. The van der Waals surface area contributed by atoms with E-state index in [9.17, 15) is 9.59 Å². The Morgan fingerprint density at radius 3 is 2.36 bits per heavy atom. The minimum atomic E-state index is -0.493. The van der Waals surface area contributed by atoms with Gasteiger partial charge in [0, 0.05) is 42.4 Å². The molecule has 3 N–H and O–H groups in total. The monoisotopic (exact) mass is 309 g/mol. The van der Waals surface area contributed by atoms with Crippen LogP contribution in [0.1, 0.15) is 53.9 Å². The highest BCUT2D eigenvalue weighted by molar-refractivity contribution is 5.89. The highest BCUT2D eigenvalue weighted by Crippen LogP contribution is 2.54. The van der Waals surface area contributed by atoms with Crippen LogP contribution >= 0.6 is 0 Å². The van der Waals surface area contributed by atoms with Crippen LogP contribution < -0.4 is 11.1 Å². The summed E-state index contributed by atoms with van der Waals surface area (Å²) in [7, 11) is 0. The summed E-state index contributed by atoms with van der Waals surface area (Å²) in [5.74, 6) is -0.370. The lowest BCUT2D eigenvalue weighted by Crippen LogP contribution is -2.46. The molecule has 22 heavy (non-hydrogen) atoms. The molecule has 2 aliphatic rings. The van der Waals surface area contributed by atoms with Crippen molar-refractivity contribution in [2.45, 2.75) is 71.5 Å². The fourth-order valence-electron chi connectivity index (χ4n) is 3.24. The SMILES string of the molecule is C[C@H](N)C(=O)C[C@@H](C)C(=O)N[C@H]1CN(C(C)(C)C)CC12CC2. The zero-order valence-corrected chi connectivity index (χ0v) is 14.6. The zero-order chi connectivity index (χ0) is 16.7. The third-order valence-electron chi connectivity index (χ3n) is 5.27. The first-order valence-corrected chi connectivity index (χ1v) is 8.39. The predicted molar refractivity (Wildman–Crippen MR) is 87.4 cm³/mol. The number of amides is 1. The molecule has 0 aromatic carbocycles. The minimum absolute atomic E-state index is 0.0129. The Morgan fingerprint density at radius 2 is 1.91 bits per heavy atom. The Bertz CT molecular complexity index is 449. The molecule has 0 unspecified atom stereocenters. The van der Waals surface area contributed by atoms with Crippen LogP contribution in [0.5, 0.6) is 0 Å². The molecule has 1 heterocycles. The normalized spacial score (nSPS) is 26.7. The smallest absolute Gasteiger partial charge is 0.223 e. The lowest BCUT2D eigenvalue weighted by atomic mass is 9.97. The average Bonchev–Trinajstić information content (AvgIpc) is 3.06. The second-order valence-corrected chi connectivity index (χ2v) is 8.34. The van der Waals surface area contributed by atoms with E-state index in [0.717, 1.165) is 13.1 Å². The third-order valence-corrected chi connectivity index (χ3v) is 5.27. The molecule has 1 aliphatic carbocycles. The summed E-state index contributed by atoms with van der Waals surface area (Å²) in [4.78, 5) is 26.6. The number of hydrogen-bond donors (Lipinski definition) is 2. The molecule has 0 radical (unpaired) electrons. The van der Waals surface area contributed by atoms with E-state index in [-0.39, 0.29) is 41.0 Å². The van der Waals surface area contributed by atoms with Gasteiger partial charge in [0.15, 0.2) is 0 Å². The van der Waals surface area contributed by atoms with Gasteiger partial charge in [-0.25, -0.2) is 0 Å². The fourth-order valence-corrected chi connectivity index (χ4v) is 3.24. The van der Waals surface area contributed by atoms with Crippen LogP contribution in [-0.4, -0.2) is 47.3 Å². The molecule has 1 amide bonds. The lowest BCUT2D eigenvalue weighted by molar-refractivity contribution is -0.130. The molecular formula is C17H31N3O2. The van der Waals surface area contributed by atoms with Gasteiger partial charge in [0.2, 0.25) is 5.91 Å². The van der Waals surface area contributed by atoms with Gasteiger partial charge in [-0.3, -0.25) is 14.5 Å². The van der Waals surface area contributed by atoms with Gasteiger partial charge in [0.05, 0.1) is 6.04 Å². The number of likely N-dealkylation sites (tertiary alicyclic amines) is 1. The second-order valence-electron chi connectivity index (χ2n) is 8.34. The first-order chi connectivity index (χ1) is 10.0. The van der Waals surface area contributed by atoms with Crippen molar-refractivity contribution in [2.75, 3.05) is 13.1 Å². The van der Waals surface area contributed by atoms with Gasteiger partial charge in [-0.1, -0.05) is 6.92 Å². The molecule has 126 valence electrons. The van der Waals surface area contributed by atoms with Gasteiger partial charge in [0.25, 0.3) is 0 Å². The Hall–Kier alpha value is -0.940. The molecule has 5 heteroatoms.